The van der Waals surface area contributed by atoms with Crippen LogP contribution in [0, 0.1) is 12.8 Å². The molecule has 2 aromatic rings. The first-order chi connectivity index (χ1) is 14.9. The van der Waals surface area contributed by atoms with E-state index in [-0.39, 0.29) is 23.1 Å². The van der Waals surface area contributed by atoms with Crippen LogP contribution >= 0.6 is 0 Å². The average Bonchev–Trinajstić information content (AvgIpc) is 3.07. The van der Waals surface area contributed by atoms with E-state index in [9.17, 15) is 14.7 Å². The summed E-state index contributed by atoms with van der Waals surface area (Å²) >= 11 is 0. The zero-order valence-corrected chi connectivity index (χ0v) is 18.8. The van der Waals surface area contributed by atoms with Gasteiger partial charge in [-0.25, -0.2) is 4.79 Å². The lowest BCUT2D eigenvalue weighted by molar-refractivity contribution is 0.0841. The van der Waals surface area contributed by atoms with E-state index in [4.69, 9.17) is 0 Å². The Bertz CT molecular complexity index is 1030. The molecule has 7 heteroatoms. The number of nitrogens with one attached hydrogen (secondary N) is 2. The predicted octanol–water partition coefficient (Wildman–Crippen LogP) is 2.43. The molecular formula is C24H32N4O3. The van der Waals surface area contributed by atoms with Gasteiger partial charge in [-0.15, -0.1) is 0 Å². The Morgan fingerprint density at radius 1 is 1.26 bits per heavy atom. The number of aromatic hydroxyl groups is 1. The van der Waals surface area contributed by atoms with Gasteiger partial charge in [0.05, 0.1) is 0 Å². The Balaban J connectivity index is 1.92. The summed E-state index contributed by atoms with van der Waals surface area (Å²) in [5.41, 5.74) is 4.26. The molecule has 1 aromatic heterocycles. The minimum absolute atomic E-state index is 0.187. The Morgan fingerprint density at radius 2 is 2.03 bits per heavy atom. The molecule has 1 fully saturated rings. The summed E-state index contributed by atoms with van der Waals surface area (Å²) < 4.78 is 1.58. The topological polar surface area (TPSA) is 86.6 Å². The molecule has 0 bridgehead atoms. The second-order valence-electron chi connectivity index (χ2n) is 8.80. The van der Waals surface area contributed by atoms with Crippen molar-refractivity contribution >= 4 is 11.9 Å². The molecule has 3 N–H and O–H groups in total. The van der Waals surface area contributed by atoms with Crippen molar-refractivity contribution < 1.29 is 14.7 Å². The number of phenolic OH excluding ortho intramolecular Hbond substituents is 1. The van der Waals surface area contributed by atoms with Crippen LogP contribution in [0.5, 0.6) is 5.75 Å². The molecule has 1 aromatic carbocycles. The lowest BCUT2D eigenvalue weighted by Gasteiger charge is -2.51. The Kier molecular flexibility index (Phi) is 5.56. The SMILES string of the molecule is CCN1CC[C@@]2(c3cccc(O)c3)Cc3c(c(C)c(C(=O)NC)n3C(=O)NC)C[C@@H]2C1. The largest absolute Gasteiger partial charge is 0.508 e. The molecule has 2 heterocycles. The summed E-state index contributed by atoms with van der Waals surface area (Å²) in [7, 11) is 3.18. The number of carbonyl (C=O) groups excluding carboxylic acids is 2. The number of phenols is 1. The molecule has 1 aliphatic heterocycles. The van der Waals surface area contributed by atoms with Crippen molar-refractivity contribution in [2.45, 2.75) is 38.5 Å². The maximum atomic E-state index is 12.9. The van der Waals surface area contributed by atoms with Gasteiger partial charge in [0.2, 0.25) is 0 Å². The molecular weight excluding hydrogens is 392 g/mol. The molecule has 31 heavy (non-hydrogen) atoms. The van der Waals surface area contributed by atoms with E-state index in [1.165, 1.54) is 0 Å². The van der Waals surface area contributed by atoms with Crippen LogP contribution < -0.4 is 10.6 Å². The van der Waals surface area contributed by atoms with E-state index >= 15 is 0 Å². The third-order valence-electron chi connectivity index (χ3n) is 7.44. The van der Waals surface area contributed by atoms with Crippen molar-refractivity contribution in [3.8, 4) is 5.75 Å². The number of carbonyl (C=O) groups is 2. The quantitative estimate of drug-likeness (QED) is 0.706. The first-order valence-electron chi connectivity index (χ1n) is 11.0. The maximum Gasteiger partial charge on any atom is 0.326 e. The monoisotopic (exact) mass is 424 g/mol. The summed E-state index contributed by atoms with van der Waals surface area (Å²) in [6.45, 7) is 7.07. The van der Waals surface area contributed by atoms with E-state index in [0.717, 1.165) is 54.9 Å². The van der Waals surface area contributed by atoms with Gasteiger partial charge in [0.1, 0.15) is 11.4 Å². The van der Waals surface area contributed by atoms with E-state index in [0.29, 0.717) is 18.0 Å². The van der Waals surface area contributed by atoms with Crippen molar-refractivity contribution in [2.75, 3.05) is 33.7 Å². The number of rotatable bonds is 3. The van der Waals surface area contributed by atoms with Crippen LogP contribution in [-0.4, -0.2) is 60.2 Å². The number of amides is 2. The van der Waals surface area contributed by atoms with Crippen LogP contribution in [0.1, 0.15) is 46.2 Å². The van der Waals surface area contributed by atoms with Crippen LogP contribution in [0.15, 0.2) is 24.3 Å². The van der Waals surface area contributed by atoms with Crippen LogP contribution in [0.2, 0.25) is 0 Å². The Morgan fingerprint density at radius 3 is 2.68 bits per heavy atom. The average molecular weight is 425 g/mol. The van der Waals surface area contributed by atoms with Crippen molar-refractivity contribution in [3.63, 3.8) is 0 Å². The van der Waals surface area contributed by atoms with Gasteiger partial charge in [0, 0.05) is 31.7 Å². The minimum Gasteiger partial charge on any atom is -0.508 e. The summed E-state index contributed by atoms with van der Waals surface area (Å²) in [6, 6.07) is 7.28. The number of fused-ring (bicyclic) bond motifs is 2. The summed E-state index contributed by atoms with van der Waals surface area (Å²) in [4.78, 5) is 28.1. The van der Waals surface area contributed by atoms with Crippen LogP contribution in [0.4, 0.5) is 4.79 Å². The molecule has 4 rings (SSSR count). The van der Waals surface area contributed by atoms with Crippen molar-refractivity contribution in [1.29, 1.82) is 0 Å². The van der Waals surface area contributed by atoms with E-state index in [2.05, 4.69) is 28.5 Å². The summed E-state index contributed by atoms with van der Waals surface area (Å²) in [6.07, 6.45) is 2.42. The van der Waals surface area contributed by atoms with E-state index in [1.807, 2.05) is 19.1 Å². The Labute approximate surface area is 183 Å². The third-order valence-corrected chi connectivity index (χ3v) is 7.44. The molecule has 1 aliphatic carbocycles. The number of hydrogen-bond acceptors (Lipinski definition) is 4. The molecule has 2 amide bonds. The highest BCUT2D eigenvalue weighted by Gasteiger charge is 2.49. The molecule has 2 atom stereocenters. The number of likely N-dealkylation sites (tertiary alicyclic amines) is 1. The fourth-order valence-corrected chi connectivity index (χ4v) is 5.74. The minimum atomic E-state index is -0.293. The van der Waals surface area contributed by atoms with E-state index in [1.54, 1.807) is 24.7 Å². The lowest BCUT2D eigenvalue weighted by Crippen LogP contribution is -2.54. The van der Waals surface area contributed by atoms with Gasteiger partial charge in [-0.05, 0) is 74.0 Å². The lowest BCUT2D eigenvalue weighted by atomic mass is 9.58. The highest BCUT2D eigenvalue weighted by molar-refractivity contribution is 5.99. The molecule has 166 valence electrons. The third kappa shape index (κ3) is 3.31. The molecule has 0 spiro atoms. The fourth-order valence-electron chi connectivity index (χ4n) is 5.74. The normalized spacial score (nSPS) is 23.0. The van der Waals surface area contributed by atoms with Gasteiger partial charge >= 0.3 is 6.03 Å². The van der Waals surface area contributed by atoms with Crippen molar-refractivity contribution in [1.82, 2.24) is 20.1 Å². The molecule has 2 aliphatic rings. The first kappa shape index (κ1) is 21.4. The van der Waals surface area contributed by atoms with E-state index < -0.39 is 0 Å². The van der Waals surface area contributed by atoms with Gasteiger partial charge in [-0.2, -0.15) is 0 Å². The molecule has 1 saturated heterocycles. The first-order valence-corrected chi connectivity index (χ1v) is 11.0. The van der Waals surface area contributed by atoms with Crippen LogP contribution in [0.25, 0.3) is 0 Å². The standard InChI is InChI=1S/C24H32N4O3/c1-5-27-10-9-24(16-7-6-8-18(29)11-16)13-20-19(12-17(24)14-27)15(2)21(22(30)25-3)28(20)23(31)26-4/h6-8,11,17,29H,5,9-10,12-14H2,1-4H3,(H,25,30)(H,26,31)/t17-,24+/m1/s1. The van der Waals surface area contributed by atoms with Crippen molar-refractivity contribution in [2.24, 2.45) is 5.92 Å². The van der Waals surface area contributed by atoms with Gasteiger partial charge in [0.15, 0.2) is 0 Å². The molecule has 0 unspecified atom stereocenters. The summed E-state index contributed by atoms with van der Waals surface area (Å²) in [5, 5.41) is 15.6. The van der Waals surface area contributed by atoms with Gasteiger partial charge in [-0.3, -0.25) is 9.36 Å². The van der Waals surface area contributed by atoms with Gasteiger partial charge < -0.3 is 20.6 Å². The number of nitrogens with zero attached hydrogens (tertiary/aromatic N) is 2. The zero-order chi connectivity index (χ0) is 22.3. The van der Waals surface area contributed by atoms with Gasteiger partial charge in [-0.1, -0.05) is 19.1 Å². The number of aromatic nitrogens is 1. The molecule has 0 radical (unpaired) electrons. The van der Waals surface area contributed by atoms with Crippen LogP contribution in [0.3, 0.4) is 0 Å². The fraction of sp³-hybridized carbons (Fsp3) is 0.500. The maximum absolute atomic E-state index is 12.9. The van der Waals surface area contributed by atoms with Crippen LogP contribution in [-0.2, 0) is 18.3 Å². The molecule has 7 nitrogen and oxygen atoms in total. The number of piperidine rings is 1. The van der Waals surface area contributed by atoms with Gasteiger partial charge in [0.25, 0.3) is 5.91 Å². The number of hydrogen-bond donors (Lipinski definition) is 3. The van der Waals surface area contributed by atoms with Crippen molar-refractivity contribution in [3.05, 3.63) is 52.3 Å². The highest BCUT2D eigenvalue weighted by Crippen LogP contribution is 2.49. The second-order valence-corrected chi connectivity index (χ2v) is 8.80. The Hall–Kier alpha value is -2.80. The number of benzene rings is 1. The smallest absolute Gasteiger partial charge is 0.326 e. The predicted molar refractivity (Wildman–Crippen MR) is 120 cm³/mol. The molecule has 0 saturated carbocycles. The summed E-state index contributed by atoms with van der Waals surface area (Å²) in [5.74, 6) is 0.352. The second kappa shape index (κ2) is 8.04. The zero-order valence-electron chi connectivity index (χ0n) is 18.8. The highest BCUT2D eigenvalue weighted by atomic mass is 16.3.